The minimum atomic E-state index is -0.833. The average Bonchev–Trinajstić information content (AvgIpc) is 1.54. The van der Waals surface area contributed by atoms with Gasteiger partial charge in [-0.3, -0.25) is 0 Å². The van der Waals surface area contributed by atoms with E-state index >= 15 is 0 Å². The van der Waals surface area contributed by atoms with Gasteiger partial charge in [-0.15, -0.1) is 37.2 Å². The Labute approximate surface area is 104 Å². The first kappa shape index (κ1) is 37.3. The van der Waals surface area contributed by atoms with Crippen LogP contribution in [0.2, 0.25) is 0 Å². The van der Waals surface area contributed by atoms with E-state index in [-0.39, 0.29) is 37.2 Å². The molecule has 9 nitrogen and oxygen atoms in total. The summed E-state index contributed by atoms with van der Waals surface area (Å²) in [6.07, 6.45) is 0. The van der Waals surface area contributed by atoms with Gasteiger partial charge in [-0.2, -0.15) is 0 Å². The van der Waals surface area contributed by atoms with E-state index in [1.807, 2.05) is 0 Å². The predicted octanol–water partition coefficient (Wildman–Crippen LogP) is -1.66. The van der Waals surface area contributed by atoms with Crippen LogP contribution in [-0.4, -0.2) is 18.1 Å². The number of rotatable bonds is 0. The Balaban J connectivity index is -0.0000000184. The number of nitrogens with two attached hydrogens (primary N) is 6. The molecule has 0 heterocycles. The Morgan fingerprint density at radius 2 is 0.467 bits per heavy atom. The summed E-state index contributed by atoms with van der Waals surface area (Å²) in [5, 5.41) is 0. The molecule has 96 valence electrons. The van der Waals surface area contributed by atoms with Crippen molar-refractivity contribution in [2.75, 3.05) is 0 Å². The summed E-state index contributed by atoms with van der Waals surface area (Å²) in [6, 6.07) is -2.50. The van der Waals surface area contributed by atoms with Gasteiger partial charge in [-0.1, -0.05) is 0 Å². The molecule has 0 saturated heterocycles. The van der Waals surface area contributed by atoms with Crippen molar-refractivity contribution in [2.45, 2.75) is 0 Å². The van der Waals surface area contributed by atoms with E-state index in [2.05, 4.69) is 34.4 Å². The van der Waals surface area contributed by atoms with E-state index in [1.54, 1.807) is 0 Å². The maximum Gasteiger partial charge on any atom is 0.309 e. The van der Waals surface area contributed by atoms with Crippen LogP contribution in [0.15, 0.2) is 0 Å². The number of urea groups is 3. The van der Waals surface area contributed by atoms with Gasteiger partial charge in [0.1, 0.15) is 0 Å². The summed E-state index contributed by atoms with van der Waals surface area (Å²) in [5.41, 5.74) is 25.5. The molecule has 6 amide bonds. The molecule has 0 rings (SSSR count). The zero-order chi connectivity index (χ0) is 10.7. The first-order chi connectivity index (χ1) is 5.20. The van der Waals surface area contributed by atoms with Crippen molar-refractivity contribution in [1.29, 1.82) is 0 Å². The second kappa shape index (κ2) is 29.3. The van der Waals surface area contributed by atoms with E-state index in [0.717, 1.165) is 0 Å². The van der Waals surface area contributed by atoms with E-state index in [4.69, 9.17) is 14.4 Å². The standard InChI is InChI=1S/3CH4N2O.3ClH/c3*2-1(3)4;;;/h3*(H4,2,3,4);3*1H. The summed E-state index contributed by atoms with van der Waals surface area (Å²) in [7, 11) is 0. The Kier molecular flexibility index (Phi) is 72.9. The molecular weight excluding hydrogens is 274 g/mol. The van der Waals surface area contributed by atoms with Gasteiger partial charge in [0.15, 0.2) is 0 Å². The Morgan fingerprint density at radius 1 is 0.467 bits per heavy atom. The third-order valence-corrected chi connectivity index (χ3v) is 0. The predicted molar refractivity (Wildman–Crippen MR) is 63.1 cm³/mol. The minimum absolute atomic E-state index is 0. The molecule has 0 aliphatic carbocycles. The quantitative estimate of drug-likeness (QED) is 0.309. The maximum absolute atomic E-state index is 9.00. The molecule has 0 aromatic rings. The first-order valence-corrected chi connectivity index (χ1v) is 2.34. The smallest absolute Gasteiger partial charge is 0.309 e. The molecule has 0 aromatic heterocycles. The fourth-order valence-corrected chi connectivity index (χ4v) is 0. The van der Waals surface area contributed by atoms with Crippen molar-refractivity contribution in [3.63, 3.8) is 0 Å². The molecule has 12 N–H and O–H groups in total. The molecule has 0 bridgehead atoms. The summed E-state index contributed by atoms with van der Waals surface area (Å²) >= 11 is 0. The van der Waals surface area contributed by atoms with Gasteiger partial charge < -0.3 is 34.4 Å². The lowest BCUT2D eigenvalue weighted by atomic mass is 11.2. The number of halogens is 3. The zero-order valence-electron chi connectivity index (χ0n) is 7.41. The van der Waals surface area contributed by atoms with Crippen LogP contribution in [0.5, 0.6) is 0 Å². The fraction of sp³-hybridized carbons (Fsp3) is 0. The number of carbonyl (C=O) groups excluding carboxylic acids is 3. The van der Waals surface area contributed by atoms with Gasteiger partial charge in [0.25, 0.3) is 0 Å². The second-order valence-corrected chi connectivity index (χ2v) is 1.21. The number of amides is 6. The molecule has 0 spiro atoms. The topological polar surface area (TPSA) is 207 Å². The molecule has 0 aliphatic rings. The summed E-state index contributed by atoms with van der Waals surface area (Å²) in [5.74, 6) is 0. The third kappa shape index (κ3) is 830. The highest BCUT2D eigenvalue weighted by Gasteiger charge is 1.61. The van der Waals surface area contributed by atoms with Crippen molar-refractivity contribution in [3.8, 4) is 0 Å². The van der Waals surface area contributed by atoms with Crippen molar-refractivity contribution >= 4 is 55.3 Å². The zero-order valence-corrected chi connectivity index (χ0v) is 9.86. The molecule has 0 radical (unpaired) electrons. The molecule has 15 heavy (non-hydrogen) atoms. The largest absolute Gasteiger partial charge is 0.352 e. The molecule has 0 fully saturated rings. The lowest BCUT2D eigenvalue weighted by Gasteiger charge is -1.62. The van der Waals surface area contributed by atoms with Gasteiger partial charge >= 0.3 is 18.1 Å². The number of carbonyl (C=O) groups is 3. The average molecular weight is 290 g/mol. The summed E-state index contributed by atoms with van der Waals surface area (Å²) < 4.78 is 0. The highest BCUT2D eigenvalue weighted by molar-refractivity contribution is 5.86. The van der Waals surface area contributed by atoms with Crippen LogP contribution in [0.1, 0.15) is 0 Å². The highest BCUT2D eigenvalue weighted by Crippen LogP contribution is 1.26. The van der Waals surface area contributed by atoms with Gasteiger partial charge in [0.05, 0.1) is 0 Å². The van der Waals surface area contributed by atoms with Crippen LogP contribution in [0.3, 0.4) is 0 Å². The first-order valence-electron chi connectivity index (χ1n) is 2.34. The van der Waals surface area contributed by atoms with Crippen LogP contribution in [-0.2, 0) is 0 Å². The molecule has 0 aliphatic heterocycles. The van der Waals surface area contributed by atoms with Crippen molar-refractivity contribution in [2.24, 2.45) is 34.4 Å². The summed E-state index contributed by atoms with van der Waals surface area (Å²) in [4.78, 5) is 27.0. The van der Waals surface area contributed by atoms with Crippen molar-refractivity contribution in [3.05, 3.63) is 0 Å². The molecule has 0 unspecified atom stereocenters. The van der Waals surface area contributed by atoms with Gasteiger partial charge in [-0.05, 0) is 0 Å². The van der Waals surface area contributed by atoms with Gasteiger partial charge in [0, 0.05) is 0 Å². The summed E-state index contributed by atoms with van der Waals surface area (Å²) in [6.45, 7) is 0. The van der Waals surface area contributed by atoms with Crippen LogP contribution >= 0.6 is 37.2 Å². The second-order valence-electron chi connectivity index (χ2n) is 1.21. The number of hydrogen-bond acceptors (Lipinski definition) is 3. The van der Waals surface area contributed by atoms with Crippen LogP contribution in [0.25, 0.3) is 0 Å². The molecule has 0 saturated carbocycles. The number of primary amides is 6. The van der Waals surface area contributed by atoms with Crippen LogP contribution in [0.4, 0.5) is 14.4 Å². The van der Waals surface area contributed by atoms with Crippen molar-refractivity contribution in [1.82, 2.24) is 0 Å². The molecular formula is C3H15Cl3N6O3. The Hall–Kier alpha value is -1.32. The Morgan fingerprint density at radius 3 is 0.467 bits per heavy atom. The van der Waals surface area contributed by atoms with Crippen LogP contribution < -0.4 is 34.4 Å². The molecule has 12 heteroatoms. The van der Waals surface area contributed by atoms with Gasteiger partial charge in [-0.25, -0.2) is 14.4 Å². The van der Waals surface area contributed by atoms with Crippen LogP contribution in [0, 0.1) is 0 Å². The van der Waals surface area contributed by atoms with E-state index in [0.29, 0.717) is 0 Å². The SMILES string of the molecule is Cl.Cl.Cl.NC(N)=O.NC(N)=O.NC(N)=O. The van der Waals surface area contributed by atoms with E-state index < -0.39 is 18.1 Å². The minimum Gasteiger partial charge on any atom is -0.352 e. The van der Waals surface area contributed by atoms with Gasteiger partial charge in [0.2, 0.25) is 0 Å². The lowest BCUT2D eigenvalue weighted by molar-refractivity contribution is 0.255. The third-order valence-electron chi connectivity index (χ3n) is 0. The normalized spacial score (nSPS) is 4.80. The monoisotopic (exact) mass is 288 g/mol. The van der Waals surface area contributed by atoms with E-state index in [9.17, 15) is 0 Å². The molecule has 0 atom stereocenters. The van der Waals surface area contributed by atoms with Crippen molar-refractivity contribution < 1.29 is 14.4 Å². The Bertz CT molecular complexity index is 126. The number of hydrogen-bond donors (Lipinski definition) is 6. The maximum atomic E-state index is 9.00. The van der Waals surface area contributed by atoms with E-state index in [1.165, 1.54) is 0 Å². The highest BCUT2D eigenvalue weighted by atomic mass is 35.5. The fourth-order valence-electron chi connectivity index (χ4n) is 0. The lowest BCUT2D eigenvalue weighted by Crippen LogP contribution is -2.18. The molecule has 0 aromatic carbocycles.